The zero-order valence-corrected chi connectivity index (χ0v) is 14.5. The number of hydrogen-bond acceptors (Lipinski definition) is 4. The number of nitrogens with one attached hydrogen (secondary N) is 2. The average Bonchev–Trinajstić information content (AvgIpc) is 2.61. The van der Waals surface area contributed by atoms with Gasteiger partial charge in [0.15, 0.2) is 12.7 Å². The lowest BCUT2D eigenvalue weighted by molar-refractivity contribution is -0.133. The first-order valence-electron chi connectivity index (χ1n) is 7.97. The van der Waals surface area contributed by atoms with Gasteiger partial charge in [0.1, 0.15) is 11.5 Å². The van der Waals surface area contributed by atoms with Gasteiger partial charge in [0, 0.05) is 0 Å². The van der Waals surface area contributed by atoms with E-state index in [0.717, 1.165) is 11.1 Å². The van der Waals surface area contributed by atoms with Crippen LogP contribution in [0, 0.1) is 13.8 Å². The van der Waals surface area contributed by atoms with Gasteiger partial charge in [0.05, 0.1) is 0 Å². The minimum atomic E-state index is -0.754. The van der Waals surface area contributed by atoms with E-state index in [0.29, 0.717) is 11.5 Å². The van der Waals surface area contributed by atoms with E-state index in [9.17, 15) is 9.59 Å². The Morgan fingerprint density at radius 3 is 2.24 bits per heavy atom. The molecule has 6 nitrogen and oxygen atoms in total. The van der Waals surface area contributed by atoms with Crippen molar-refractivity contribution in [2.24, 2.45) is 0 Å². The van der Waals surface area contributed by atoms with Gasteiger partial charge in [-0.2, -0.15) is 0 Å². The molecule has 0 fully saturated rings. The molecule has 2 aromatic carbocycles. The molecule has 0 saturated heterocycles. The predicted octanol–water partition coefficient (Wildman–Crippen LogP) is 2.30. The van der Waals surface area contributed by atoms with Gasteiger partial charge in [-0.1, -0.05) is 36.4 Å². The fourth-order valence-electron chi connectivity index (χ4n) is 2.15. The molecule has 0 saturated carbocycles. The van der Waals surface area contributed by atoms with Crippen molar-refractivity contribution in [3.8, 4) is 11.5 Å². The number of hydrazine groups is 1. The molecule has 0 spiro atoms. The van der Waals surface area contributed by atoms with Crippen molar-refractivity contribution in [2.75, 3.05) is 6.61 Å². The third-order valence-corrected chi connectivity index (χ3v) is 3.51. The summed E-state index contributed by atoms with van der Waals surface area (Å²) in [5.74, 6) is 0.340. The Morgan fingerprint density at radius 1 is 0.960 bits per heavy atom. The highest BCUT2D eigenvalue weighted by Crippen LogP contribution is 2.23. The van der Waals surface area contributed by atoms with E-state index in [2.05, 4.69) is 10.9 Å². The van der Waals surface area contributed by atoms with Gasteiger partial charge in [-0.3, -0.25) is 20.4 Å². The van der Waals surface area contributed by atoms with Crippen molar-refractivity contribution >= 4 is 11.8 Å². The molecule has 0 heterocycles. The van der Waals surface area contributed by atoms with Crippen molar-refractivity contribution in [3.05, 3.63) is 59.7 Å². The summed E-state index contributed by atoms with van der Waals surface area (Å²) in [4.78, 5) is 23.8. The molecule has 2 amide bonds. The molecule has 1 unspecified atom stereocenters. The molecule has 25 heavy (non-hydrogen) atoms. The molecule has 0 aromatic heterocycles. The van der Waals surface area contributed by atoms with E-state index in [4.69, 9.17) is 9.47 Å². The molecule has 1 atom stereocenters. The first-order valence-corrected chi connectivity index (χ1v) is 7.97. The van der Waals surface area contributed by atoms with Crippen LogP contribution in [-0.2, 0) is 9.59 Å². The Kier molecular flexibility index (Phi) is 6.39. The first-order chi connectivity index (χ1) is 12.0. The second kappa shape index (κ2) is 8.73. The van der Waals surface area contributed by atoms with Crippen LogP contribution in [0.2, 0.25) is 0 Å². The van der Waals surface area contributed by atoms with Crippen LogP contribution in [0.4, 0.5) is 0 Å². The van der Waals surface area contributed by atoms with Crippen LogP contribution >= 0.6 is 0 Å². The second-order valence-electron chi connectivity index (χ2n) is 5.62. The minimum Gasteiger partial charge on any atom is -0.484 e. The Hall–Kier alpha value is -3.02. The SMILES string of the molecule is Cc1cccc(C)c1OC(C)C(=O)NNC(=O)COc1ccccc1. The van der Waals surface area contributed by atoms with Gasteiger partial charge in [0.25, 0.3) is 11.8 Å². The van der Waals surface area contributed by atoms with E-state index >= 15 is 0 Å². The lowest BCUT2D eigenvalue weighted by atomic mass is 10.1. The number of carbonyl (C=O) groups excluding carboxylic acids is 2. The molecule has 0 aliphatic carbocycles. The molecule has 2 rings (SSSR count). The topological polar surface area (TPSA) is 76.7 Å². The molecule has 2 N–H and O–H groups in total. The van der Waals surface area contributed by atoms with Crippen LogP contribution in [0.15, 0.2) is 48.5 Å². The van der Waals surface area contributed by atoms with Crippen molar-refractivity contribution in [2.45, 2.75) is 26.9 Å². The second-order valence-corrected chi connectivity index (χ2v) is 5.62. The Balaban J connectivity index is 1.78. The fourth-order valence-corrected chi connectivity index (χ4v) is 2.15. The lowest BCUT2D eigenvalue weighted by Crippen LogP contribution is -2.48. The highest BCUT2D eigenvalue weighted by Gasteiger charge is 2.17. The van der Waals surface area contributed by atoms with Gasteiger partial charge in [0.2, 0.25) is 0 Å². The third-order valence-electron chi connectivity index (χ3n) is 3.51. The number of aryl methyl sites for hydroxylation is 2. The van der Waals surface area contributed by atoms with Crippen LogP contribution in [0.5, 0.6) is 11.5 Å². The maximum absolute atomic E-state index is 12.1. The van der Waals surface area contributed by atoms with Crippen LogP contribution in [0.25, 0.3) is 0 Å². The number of para-hydroxylation sites is 2. The molecule has 0 aliphatic heterocycles. The smallest absolute Gasteiger partial charge is 0.279 e. The molecule has 2 aromatic rings. The normalized spacial score (nSPS) is 11.3. The van der Waals surface area contributed by atoms with Gasteiger partial charge >= 0.3 is 0 Å². The van der Waals surface area contributed by atoms with Crippen LogP contribution in [-0.4, -0.2) is 24.5 Å². The quantitative estimate of drug-likeness (QED) is 0.790. The van der Waals surface area contributed by atoms with Gasteiger partial charge in [-0.05, 0) is 44.0 Å². The number of rotatable bonds is 6. The summed E-state index contributed by atoms with van der Waals surface area (Å²) in [5.41, 5.74) is 6.53. The largest absolute Gasteiger partial charge is 0.484 e. The van der Waals surface area contributed by atoms with Crippen molar-refractivity contribution in [3.63, 3.8) is 0 Å². The number of carbonyl (C=O) groups is 2. The fraction of sp³-hybridized carbons (Fsp3) is 0.263. The molecule has 0 bridgehead atoms. The van der Waals surface area contributed by atoms with Gasteiger partial charge in [-0.15, -0.1) is 0 Å². The van der Waals surface area contributed by atoms with Crippen molar-refractivity contribution in [1.82, 2.24) is 10.9 Å². The molecular formula is C19H22N2O4. The van der Waals surface area contributed by atoms with Gasteiger partial charge < -0.3 is 9.47 Å². The van der Waals surface area contributed by atoms with E-state index in [1.165, 1.54) is 0 Å². The van der Waals surface area contributed by atoms with Crippen molar-refractivity contribution < 1.29 is 19.1 Å². The Bertz CT molecular complexity index is 711. The number of hydrogen-bond donors (Lipinski definition) is 2. The summed E-state index contributed by atoms with van der Waals surface area (Å²) in [5, 5.41) is 0. The third kappa shape index (κ3) is 5.53. The summed E-state index contributed by atoms with van der Waals surface area (Å²) in [7, 11) is 0. The number of benzene rings is 2. The lowest BCUT2D eigenvalue weighted by Gasteiger charge is -2.18. The summed E-state index contributed by atoms with van der Waals surface area (Å²) >= 11 is 0. The minimum absolute atomic E-state index is 0.198. The molecule has 6 heteroatoms. The molecule has 0 radical (unpaired) electrons. The van der Waals surface area contributed by atoms with Crippen molar-refractivity contribution in [1.29, 1.82) is 0 Å². The summed E-state index contributed by atoms with van der Waals surface area (Å²) in [6.45, 7) is 5.25. The summed E-state index contributed by atoms with van der Waals surface area (Å²) in [6.07, 6.45) is -0.754. The van der Waals surface area contributed by atoms with E-state index in [1.807, 2.05) is 50.2 Å². The molecule has 132 valence electrons. The zero-order chi connectivity index (χ0) is 18.2. The van der Waals surface area contributed by atoms with E-state index < -0.39 is 17.9 Å². The van der Waals surface area contributed by atoms with Crippen LogP contribution < -0.4 is 20.3 Å². The molecule has 0 aliphatic rings. The average molecular weight is 342 g/mol. The van der Waals surface area contributed by atoms with Crippen LogP contribution in [0.1, 0.15) is 18.1 Å². The predicted molar refractivity (Wildman–Crippen MR) is 94.2 cm³/mol. The monoisotopic (exact) mass is 342 g/mol. The van der Waals surface area contributed by atoms with E-state index in [1.54, 1.807) is 19.1 Å². The highest BCUT2D eigenvalue weighted by molar-refractivity contribution is 5.85. The molecular weight excluding hydrogens is 320 g/mol. The maximum atomic E-state index is 12.1. The Morgan fingerprint density at radius 2 is 1.60 bits per heavy atom. The van der Waals surface area contributed by atoms with E-state index in [-0.39, 0.29) is 6.61 Å². The maximum Gasteiger partial charge on any atom is 0.279 e. The van der Waals surface area contributed by atoms with Crippen LogP contribution in [0.3, 0.4) is 0 Å². The standard InChI is InChI=1S/C19H22N2O4/c1-13-8-7-9-14(2)18(13)25-15(3)19(23)21-20-17(22)12-24-16-10-5-4-6-11-16/h4-11,15H,12H2,1-3H3,(H,20,22)(H,21,23). The number of amides is 2. The highest BCUT2D eigenvalue weighted by atomic mass is 16.5. The summed E-state index contributed by atoms with van der Waals surface area (Å²) in [6, 6.07) is 14.7. The summed E-state index contributed by atoms with van der Waals surface area (Å²) < 4.78 is 11.0. The first kappa shape index (κ1) is 18.3. The zero-order valence-electron chi connectivity index (χ0n) is 14.5. The Labute approximate surface area is 147 Å². The number of ether oxygens (including phenoxy) is 2. The van der Waals surface area contributed by atoms with Gasteiger partial charge in [-0.25, -0.2) is 0 Å².